The second-order valence-electron chi connectivity index (χ2n) is 5.72. The SMILES string of the molecule is CC=Cc1cc(OC)c2c(c1)[C@H](C)[C@@H](c1ccc(O)c(O)c1)O2. The Hall–Kier alpha value is -2.62. The smallest absolute Gasteiger partial charge is 0.165 e. The standard InChI is InChI=1S/C19H20O4/c1-4-5-12-8-14-11(2)18(23-19(14)17(9-12)22-3)13-6-7-15(20)16(21)10-13/h4-11,18,20-21H,1-3H3/t11-,18-/m0/s1. The van der Waals surface area contributed by atoms with Crippen LogP contribution in [0.1, 0.15) is 42.6 Å². The molecule has 2 aromatic rings. The van der Waals surface area contributed by atoms with Crippen molar-refractivity contribution >= 4 is 6.08 Å². The normalized spacial score (nSPS) is 19.6. The lowest BCUT2D eigenvalue weighted by Crippen LogP contribution is -2.07. The van der Waals surface area contributed by atoms with Crippen LogP contribution in [0.15, 0.2) is 36.4 Å². The molecule has 2 atom stereocenters. The molecule has 0 bridgehead atoms. The number of benzene rings is 2. The van der Waals surface area contributed by atoms with Gasteiger partial charge in [-0.25, -0.2) is 0 Å². The van der Waals surface area contributed by atoms with Crippen molar-refractivity contribution in [3.05, 3.63) is 53.1 Å². The molecular weight excluding hydrogens is 292 g/mol. The van der Waals surface area contributed by atoms with Gasteiger partial charge in [-0.15, -0.1) is 0 Å². The summed E-state index contributed by atoms with van der Waals surface area (Å²) in [5.74, 6) is 1.27. The van der Waals surface area contributed by atoms with E-state index in [4.69, 9.17) is 9.47 Å². The monoisotopic (exact) mass is 312 g/mol. The van der Waals surface area contributed by atoms with Gasteiger partial charge in [0.1, 0.15) is 6.10 Å². The summed E-state index contributed by atoms with van der Waals surface area (Å²) in [6.07, 6.45) is 3.78. The van der Waals surface area contributed by atoms with E-state index in [1.165, 1.54) is 6.07 Å². The second kappa shape index (κ2) is 5.88. The third kappa shape index (κ3) is 2.61. The lowest BCUT2D eigenvalue weighted by Gasteiger charge is -2.16. The number of rotatable bonds is 3. The highest BCUT2D eigenvalue weighted by Gasteiger charge is 2.35. The third-order valence-electron chi connectivity index (χ3n) is 4.20. The molecule has 3 rings (SSSR count). The Morgan fingerprint density at radius 2 is 1.91 bits per heavy atom. The molecule has 0 aliphatic carbocycles. The molecule has 0 spiro atoms. The van der Waals surface area contributed by atoms with Crippen LogP contribution in [-0.4, -0.2) is 17.3 Å². The van der Waals surface area contributed by atoms with Gasteiger partial charge in [-0.2, -0.15) is 0 Å². The maximum absolute atomic E-state index is 9.74. The molecule has 1 aliphatic rings. The van der Waals surface area contributed by atoms with Gasteiger partial charge in [0.15, 0.2) is 23.0 Å². The Kier molecular flexibility index (Phi) is 3.90. The van der Waals surface area contributed by atoms with Gasteiger partial charge in [-0.3, -0.25) is 0 Å². The van der Waals surface area contributed by atoms with E-state index in [9.17, 15) is 10.2 Å². The minimum Gasteiger partial charge on any atom is -0.504 e. The number of hydrogen-bond acceptors (Lipinski definition) is 4. The number of ether oxygens (including phenoxy) is 2. The van der Waals surface area contributed by atoms with Gasteiger partial charge in [-0.05, 0) is 42.3 Å². The third-order valence-corrected chi connectivity index (χ3v) is 4.20. The first-order chi connectivity index (χ1) is 11.0. The summed E-state index contributed by atoms with van der Waals surface area (Å²) in [7, 11) is 1.63. The van der Waals surface area contributed by atoms with E-state index in [1.807, 2.05) is 25.1 Å². The fourth-order valence-electron chi connectivity index (χ4n) is 3.02. The Bertz CT molecular complexity index is 764. The largest absolute Gasteiger partial charge is 0.504 e. The number of phenolic OH excluding ortho intramolecular Hbond substituents is 2. The van der Waals surface area contributed by atoms with Crippen molar-refractivity contribution in [2.24, 2.45) is 0 Å². The van der Waals surface area contributed by atoms with Crippen LogP contribution < -0.4 is 9.47 Å². The number of allylic oxidation sites excluding steroid dienone is 1. The predicted octanol–water partition coefficient (Wildman–Crippen LogP) is 4.38. The number of aromatic hydroxyl groups is 2. The van der Waals surface area contributed by atoms with Gasteiger partial charge >= 0.3 is 0 Å². The lowest BCUT2D eigenvalue weighted by molar-refractivity contribution is 0.207. The van der Waals surface area contributed by atoms with Crippen LogP contribution >= 0.6 is 0 Å². The molecular formula is C19H20O4. The topological polar surface area (TPSA) is 58.9 Å². The first-order valence-corrected chi connectivity index (χ1v) is 7.58. The van der Waals surface area contributed by atoms with Crippen LogP contribution in [0.25, 0.3) is 6.08 Å². The van der Waals surface area contributed by atoms with Gasteiger partial charge in [0, 0.05) is 11.5 Å². The molecule has 0 fully saturated rings. The van der Waals surface area contributed by atoms with Gasteiger partial charge in [0.2, 0.25) is 0 Å². The molecule has 0 radical (unpaired) electrons. The van der Waals surface area contributed by atoms with Gasteiger partial charge in [0.05, 0.1) is 7.11 Å². The molecule has 0 saturated carbocycles. The van der Waals surface area contributed by atoms with Gasteiger partial charge < -0.3 is 19.7 Å². The number of phenols is 2. The lowest BCUT2D eigenvalue weighted by atomic mass is 9.91. The van der Waals surface area contributed by atoms with Crippen molar-refractivity contribution in [1.82, 2.24) is 0 Å². The molecule has 1 heterocycles. The van der Waals surface area contributed by atoms with E-state index < -0.39 is 0 Å². The van der Waals surface area contributed by atoms with E-state index in [1.54, 1.807) is 19.2 Å². The number of methoxy groups -OCH3 is 1. The van der Waals surface area contributed by atoms with Crippen molar-refractivity contribution in [2.45, 2.75) is 25.9 Å². The van der Waals surface area contributed by atoms with E-state index in [2.05, 4.69) is 13.0 Å². The molecule has 0 unspecified atom stereocenters. The first-order valence-electron chi connectivity index (χ1n) is 7.58. The summed E-state index contributed by atoms with van der Waals surface area (Å²) in [6.45, 7) is 4.06. The van der Waals surface area contributed by atoms with Crippen molar-refractivity contribution in [2.75, 3.05) is 7.11 Å². The molecule has 1 aliphatic heterocycles. The molecule has 23 heavy (non-hydrogen) atoms. The minimum atomic E-state index is -0.230. The zero-order valence-electron chi connectivity index (χ0n) is 13.4. The molecule has 0 saturated heterocycles. The highest BCUT2D eigenvalue weighted by molar-refractivity contribution is 5.62. The molecule has 2 aromatic carbocycles. The van der Waals surface area contributed by atoms with Crippen LogP contribution in [0.3, 0.4) is 0 Å². The summed E-state index contributed by atoms with van der Waals surface area (Å²) in [6, 6.07) is 8.83. The summed E-state index contributed by atoms with van der Waals surface area (Å²) >= 11 is 0. The minimum absolute atomic E-state index is 0.105. The van der Waals surface area contributed by atoms with Crippen molar-refractivity contribution < 1.29 is 19.7 Å². The molecule has 2 N–H and O–H groups in total. The Morgan fingerprint density at radius 3 is 2.57 bits per heavy atom. The van der Waals surface area contributed by atoms with Crippen LogP contribution in [0.5, 0.6) is 23.0 Å². The fourth-order valence-corrected chi connectivity index (χ4v) is 3.02. The molecule has 4 heteroatoms. The van der Waals surface area contributed by atoms with Crippen LogP contribution in [-0.2, 0) is 0 Å². The van der Waals surface area contributed by atoms with Crippen LogP contribution in [0, 0.1) is 0 Å². The maximum Gasteiger partial charge on any atom is 0.165 e. The average Bonchev–Trinajstić information content (AvgIpc) is 2.87. The zero-order valence-corrected chi connectivity index (χ0v) is 13.4. The molecule has 0 aromatic heterocycles. The van der Waals surface area contributed by atoms with Crippen molar-refractivity contribution in [3.8, 4) is 23.0 Å². The molecule has 0 amide bonds. The number of fused-ring (bicyclic) bond motifs is 1. The van der Waals surface area contributed by atoms with Gasteiger partial charge in [-0.1, -0.05) is 25.1 Å². The van der Waals surface area contributed by atoms with Gasteiger partial charge in [0.25, 0.3) is 0 Å². The molecule has 120 valence electrons. The molecule has 4 nitrogen and oxygen atoms in total. The average molecular weight is 312 g/mol. The van der Waals surface area contributed by atoms with E-state index >= 15 is 0 Å². The summed E-state index contributed by atoms with van der Waals surface area (Å²) < 4.78 is 11.6. The summed E-state index contributed by atoms with van der Waals surface area (Å²) in [4.78, 5) is 0. The first kappa shape index (κ1) is 15.3. The summed E-state index contributed by atoms with van der Waals surface area (Å²) in [5.41, 5.74) is 2.96. The van der Waals surface area contributed by atoms with Crippen LogP contribution in [0.2, 0.25) is 0 Å². The Labute approximate surface area is 135 Å². The van der Waals surface area contributed by atoms with Crippen molar-refractivity contribution in [1.29, 1.82) is 0 Å². The highest BCUT2D eigenvalue weighted by atomic mass is 16.5. The van der Waals surface area contributed by atoms with Crippen molar-refractivity contribution in [3.63, 3.8) is 0 Å². The quantitative estimate of drug-likeness (QED) is 0.826. The van der Waals surface area contributed by atoms with E-state index in [-0.39, 0.29) is 23.5 Å². The Balaban J connectivity index is 2.03. The zero-order chi connectivity index (χ0) is 16.6. The Morgan fingerprint density at radius 1 is 1.13 bits per heavy atom. The van der Waals surface area contributed by atoms with Crippen LogP contribution in [0.4, 0.5) is 0 Å². The highest BCUT2D eigenvalue weighted by Crippen LogP contribution is 2.51. The maximum atomic E-state index is 9.74. The second-order valence-corrected chi connectivity index (χ2v) is 5.72. The predicted molar refractivity (Wildman–Crippen MR) is 89.3 cm³/mol. The van der Waals surface area contributed by atoms with E-state index in [0.29, 0.717) is 5.75 Å². The fraction of sp³-hybridized carbons (Fsp3) is 0.263. The van der Waals surface area contributed by atoms with E-state index in [0.717, 1.165) is 22.4 Å². The number of hydrogen-bond donors (Lipinski definition) is 2. The summed E-state index contributed by atoms with van der Waals surface area (Å²) in [5, 5.41) is 19.2.